The van der Waals surface area contributed by atoms with Crippen LogP contribution in [0.25, 0.3) is 0 Å². The number of carboxylic acid groups (broad SMARTS) is 1. The molecule has 6 heteroatoms. The molecule has 2 aromatic rings. The standard InChI is InChI=1S/C15H15N3O3/c1-17-8-6-12(16-17)14(19)18-7-2-3-10-9-11(15(20)21)4-5-13(10)18/h4-6,8-9H,2-3,7H2,1H3,(H,20,21). The van der Waals surface area contributed by atoms with Crippen molar-refractivity contribution in [3.63, 3.8) is 0 Å². The van der Waals surface area contributed by atoms with E-state index in [0.29, 0.717) is 12.2 Å². The number of benzene rings is 1. The molecule has 0 fully saturated rings. The quantitative estimate of drug-likeness (QED) is 0.911. The molecule has 1 aliphatic heterocycles. The van der Waals surface area contributed by atoms with Crippen LogP contribution in [0.1, 0.15) is 32.8 Å². The van der Waals surface area contributed by atoms with E-state index in [1.54, 1.807) is 41.0 Å². The maximum Gasteiger partial charge on any atom is 0.335 e. The Morgan fingerprint density at radius 2 is 2.10 bits per heavy atom. The molecular formula is C15H15N3O3. The van der Waals surface area contributed by atoms with Gasteiger partial charge in [-0.1, -0.05) is 0 Å². The Balaban J connectivity index is 1.97. The third-order valence-corrected chi connectivity index (χ3v) is 3.62. The molecule has 1 N–H and O–H groups in total. The van der Waals surface area contributed by atoms with Crippen molar-refractivity contribution in [1.29, 1.82) is 0 Å². The fourth-order valence-electron chi connectivity index (χ4n) is 2.61. The summed E-state index contributed by atoms with van der Waals surface area (Å²) in [6, 6.07) is 6.57. The highest BCUT2D eigenvalue weighted by atomic mass is 16.4. The molecule has 1 amide bonds. The van der Waals surface area contributed by atoms with Crippen molar-refractivity contribution in [2.24, 2.45) is 7.05 Å². The molecular weight excluding hydrogens is 270 g/mol. The monoisotopic (exact) mass is 285 g/mol. The summed E-state index contributed by atoms with van der Waals surface area (Å²) in [4.78, 5) is 25.2. The molecule has 0 saturated carbocycles. The van der Waals surface area contributed by atoms with Gasteiger partial charge in [-0.3, -0.25) is 9.48 Å². The maximum atomic E-state index is 12.5. The molecule has 0 saturated heterocycles. The van der Waals surface area contributed by atoms with Crippen LogP contribution in [-0.2, 0) is 13.5 Å². The molecule has 1 aliphatic rings. The molecule has 1 aromatic carbocycles. The smallest absolute Gasteiger partial charge is 0.335 e. The van der Waals surface area contributed by atoms with Gasteiger partial charge in [0.2, 0.25) is 0 Å². The Morgan fingerprint density at radius 1 is 1.29 bits per heavy atom. The third-order valence-electron chi connectivity index (χ3n) is 3.62. The second-order valence-corrected chi connectivity index (χ2v) is 5.08. The van der Waals surface area contributed by atoms with Crippen LogP contribution in [0.15, 0.2) is 30.5 Å². The average Bonchev–Trinajstić information content (AvgIpc) is 2.91. The number of aromatic carboxylic acids is 1. The van der Waals surface area contributed by atoms with Crippen molar-refractivity contribution in [3.05, 3.63) is 47.3 Å². The highest BCUT2D eigenvalue weighted by Crippen LogP contribution is 2.29. The predicted octanol–water partition coefficient (Wildman–Crippen LogP) is 1.71. The summed E-state index contributed by atoms with van der Waals surface area (Å²) in [6.45, 7) is 0.620. The minimum Gasteiger partial charge on any atom is -0.478 e. The van der Waals surface area contributed by atoms with Gasteiger partial charge in [-0.25, -0.2) is 4.79 Å². The van der Waals surface area contributed by atoms with E-state index >= 15 is 0 Å². The molecule has 21 heavy (non-hydrogen) atoms. The molecule has 1 aromatic heterocycles. The lowest BCUT2D eigenvalue weighted by atomic mass is 9.99. The predicted molar refractivity (Wildman–Crippen MR) is 76.6 cm³/mol. The van der Waals surface area contributed by atoms with Gasteiger partial charge in [-0.05, 0) is 42.7 Å². The molecule has 108 valence electrons. The van der Waals surface area contributed by atoms with Gasteiger partial charge >= 0.3 is 5.97 Å². The molecule has 0 bridgehead atoms. The zero-order valence-corrected chi connectivity index (χ0v) is 11.6. The Bertz CT molecular complexity index is 721. The van der Waals surface area contributed by atoms with Gasteiger partial charge in [-0.15, -0.1) is 0 Å². The lowest BCUT2D eigenvalue weighted by Crippen LogP contribution is -2.35. The van der Waals surface area contributed by atoms with Crippen LogP contribution in [0.2, 0.25) is 0 Å². The molecule has 6 nitrogen and oxygen atoms in total. The van der Waals surface area contributed by atoms with Gasteiger partial charge in [0, 0.05) is 25.5 Å². The Labute approximate surface area is 121 Å². The number of hydrogen-bond donors (Lipinski definition) is 1. The fraction of sp³-hybridized carbons (Fsp3) is 0.267. The Kier molecular flexibility index (Phi) is 3.21. The number of hydrogen-bond acceptors (Lipinski definition) is 3. The first kappa shape index (κ1) is 13.4. The summed E-state index contributed by atoms with van der Waals surface area (Å²) < 4.78 is 1.59. The van der Waals surface area contributed by atoms with Gasteiger partial charge in [0.25, 0.3) is 5.91 Å². The minimum absolute atomic E-state index is 0.153. The van der Waals surface area contributed by atoms with Crippen molar-refractivity contribution < 1.29 is 14.7 Å². The van der Waals surface area contributed by atoms with Crippen molar-refractivity contribution in [1.82, 2.24) is 9.78 Å². The summed E-state index contributed by atoms with van der Waals surface area (Å²) in [5.41, 5.74) is 2.32. The van der Waals surface area contributed by atoms with Crippen LogP contribution in [0, 0.1) is 0 Å². The van der Waals surface area contributed by atoms with Crippen LogP contribution in [-0.4, -0.2) is 33.3 Å². The SMILES string of the molecule is Cn1ccc(C(=O)N2CCCc3cc(C(=O)O)ccc32)n1. The summed E-state index contributed by atoms with van der Waals surface area (Å²) in [7, 11) is 1.76. The molecule has 0 spiro atoms. The number of amides is 1. The summed E-state index contributed by atoms with van der Waals surface area (Å²) >= 11 is 0. The van der Waals surface area contributed by atoms with Gasteiger partial charge in [0.15, 0.2) is 5.69 Å². The molecule has 0 radical (unpaired) electrons. The van der Waals surface area contributed by atoms with Crippen LogP contribution >= 0.6 is 0 Å². The minimum atomic E-state index is -0.953. The lowest BCUT2D eigenvalue weighted by molar-refractivity contribution is 0.0696. The number of carbonyl (C=O) groups is 2. The van der Waals surface area contributed by atoms with Crippen molar-refractivity contribution in [2.75, 3.05) is 11.4 Å². The first-order valence-corrected chi connectivity index (χ1v) is 6.74. The zero-order chi connectivity index (χ0) is 15.0. The average molecular weight is 285 g/mol. The van der Waals surface area contributed by atoms with Crippen LogP contribution < -0.4 is 4.90 Å². The lowest BCUT2D eigenvalue weighted by Gasteiger charge is -2.29. The number of rotatable bonds is 2. The molecule has 0 aliphatic carbocycles. The third kappa shape index (κ3) is 2.40. The van der Waals surface area contributed by atoms with E-state index in [1.807, 2.05) is 0 Å². The van der Waals surface area contributed by atoms with Crippen LogP contribution in [0.5, 0.6) is 0 Å². The summed E-state index contributed by atoms with van der Waals surface area (Å²) in [6.07, 6.45) is 3.32. The second-order valence-electron chi connectivity index (χ2n) is 5.08. The van der Waals surface area contributed by atoms with E-state index in [4.69, 9.17) is 5.11 Å². The van der Waals surface area contributed by atoms with Crippen molar-refractivity contribution in [2.45, 2.75) is 12.8 Å². The highest BCUT2D eigenvalue weighted by molar-refractivity contribution is 6.05. The van der Waals surface area contributed by atoms with Gasteiger partial charge < -0.3 is 10.0 Å². The Morgan fingerprint density at radius 3 is 2.76 bits per heavy atom. The van der Waals surface area contributed by atoms with Gasteiger partial charge in [0.05, 0.1) is 5.56 Å². The fourth-order valence-corrected chi connectivity index (χ4v) is 2.61. The highest BCUT2D eigenvalue weighted by Gasteiger charge is 2.25. The molecule has 0 atom stereocenters. The van der Waals surface area contributed by atoms with E-state index in [9.17, 15) is 9.59 Å². The first-order valence-electron chi connectivity index (χ1n) is 6.74. The van der Waals surface area contributed by atoms with Gasteiger partial charge in [0.1, 0.15) is 0 Å². The van der Waals surface area contributed by atoms with Crippen LogP contribution in [0.4, 0.5) is 5.69 Å². The largest absolute Gasteiger partial charge is 0.478 e. The van der Waals surface area contributed by atoms with E-state index < -0.39 is 5.97 Å². The number of aromatic nitrogens is 2. The van der Waals surface area contributed by atoms with Crippen molar-refractivity contribution >= 4 is 17.6 Å². The second kappa shape index (κ2) is 5.05. The number of carboxylic acids is 1. The number of nitrogens with zero attached hydrogens (tertiary/aromatic N) is 3. The summed E-state index contributed by atoms with van der Waals surface area (Å²) in [5, 5.41) is 13.2. The number of anilines is 1. The normalized spacial score (nSPS) is 13.9. The van der Waals surface area contributed by atoms with E-state index in [-0.39, 0.29) is 11.5 Å². The molecule has 0 unspecified atom stereocenters. The number of fused-ring (bicyclic) bond motifs is 1. The van der Waals surface area contributed by atoms with E-state index in [2.05, 4.69) is 5.10 Å². The summed E-state index contributed by atoms with van der Waals surface area (Å²) in [5.74, 6) is -1.11. The van der Waals surface area contributed by atoms with E-state index in [0.717, 1.165) is 24.1 Å². The zero-order valence-electron chi connectivity index (χ0n) is 11.6. The number of carbonyl (C=O) groups excluding carboxylic acids is 1. The van der Waals surface area contributed by atoms with E-state index in [1.165, 1.54) is 6.07 Å². The molecule has 2 heterocycles. The Hall–Kier alpha value is -2.63. The maximum absolute atomic E-state index is 12.5. The first-order chi connectivity index (χ1) is 10.1. The van der Waals surface area contributed by atoms with Crippen LogP contribution in [0.3, 0.4) is 0 Å². The molecule has 3 rings (SSSR count). The van der Waals surface area contributed by atoms with Gasteiger partial charge in [-0.2, -0.15) is 5.10 Å². The number of aryl methyl sites for hydroxylation is 2. The topological polar surface area (TPSA) is 75.4 Å². The van der Waals surface area contributed by atoms with Crippen molar-refractivity contribution in [3.8, 4) is 0 Å².